The van der Waals surface area contributed by atoms with E-state index in [0.717, 1.165) is 6.07 Å². The van der Waals surface area contributed by atoms with Gasteiger partial charge in [0.25, 0.3) is 5.91 Å². The van der Waals surface area contributed by atoms with Crippen molar-refractivity contribution >= 4 is 46.4 Å². The predicted molar refractivity (Wildman–Crippen MR) is 75.8 cm³/mol. The summed E-state index contributed by atoms with van der Waals surface area (Å²) in [6, 6.07) is 8.40. The van der Waals surface area contributed by atoms with Crippen LogP contribution in [0, 0.1) is 5.82 Å². The summed E-state index contributed by atoms with van der Waals surface area (Å²) < 4.78 is 13.5. The summed E-state index contributed by atoms with van der Waals surface area (Å²) in [5.74, 6) is -1.14. The molecule has 0 aliphatic rings. The van der Waals surface area contributed by atoms with Crippen LogP contribution in [0.4, 0.5) is 10.1 Å². The van der Waals surface area contributed by atoms with Crippen LogP contribution in [0.2, 0.25) is 15.1 Å². The fourth-order valence-corrected chi connectivity index (χ4v) is 2.11. The first-order valence-electron chi connectivity index (χ1n) is 5.19. The maximum absolute atomic E-state index is 13.5. The lowest BCUT2D eigenvalue weighted by Gasteiger charge is -2.08. The number of carbonyl (C=O) groups is 1. The van der Waals surface area contributed by atoms with E-state index in [2.05, 4.69) is 5.32 Å². The molecule has 0 radical (unpaired) electrons. The zero-order valence-electron chi connectivity index (χ0n) is 9.38. The van der Waals surface area contributed by atoms with Crippen LogP contribution in [0.5, 0.6) is 0 Å². The number of amides is 1. The molecule has 0 saturated carbocycles. The average Bonchev–Trinajstić information content (AvgIpc) is 2.32. The summed E-state index contributed by atoms with van der Waals surface area (Å²) in [6.45, 7) is 0. The maximum atomic E-state index is 13.5. The van der Waals surface area contributed by atoms with Gasteiger partial charge in [-0.05, 0) is 36.4 Å². The van der Waals surface area contributed by atoms with Gasteiger partial charge in [0.1, 0.15) is 5.82 Å². The fraction of sp³-hybridized carbons (Fsp3) is 0. The third kappa shape index (κ3) is 3.38. The first-order chi connectivity index (χ1) is 8.97. The number of anilines is 1. The van der Waals surface area contributed by atoms with Crippen LogP contribution in [-0.2, 0) is 0 Å². The van der Waals surface area contributed by atoms with Crippen molar-refractivity contribution in [1.29, 1.82) is 0 Å². The summed E-state index contributed by atoms with van der Waals surface area (Å²) in [5.41, 5.74) is 0.237. The van der Waals surface area contributed by atoms with Crippen LogP contribution >= 0.6 is 34.8 Å². The smallest absolute Gasteiger partial charge is 0.257 e. The number of benzene rings is 2. The molecule has 0 aliphatic heterocycles. The average molecular weight is 319 g/mol. The quantitative estimate of drug-likeness (QED) is 0.826. The van der Waals surface area contributed by atoms with Gasteiger partial charge >= 0.3 is 0 Å². The highest BCUT2D eigenvalue weighted by Crippen LogP contribution is 2.23. The molecule has 2 aromatic carbocycles. The normalized spacial score (nSPS) is 10.3. The van der Waals surface area contributed by atoms with Gasteiger partial charge in [-0.3, -0.25) is 4.79 Å². The first-order valence-corrected chi connectivity index (χ1v) is 6.32. The number of hydrogen-bond donors (Lipinski definition) is 1. The van der Waals surface area contributed by atoms with Gasteiger partial charge < -0.3 is 5.32 Å². The van der Waals surface area contributed by atoms with Crippen molar-refractivity contribution in [3.63, 3.8) is 0 Å². The number of rotatable bonds is 2. The molecule has 0 spiro atoms. The Kier molecular flexibility index (Phi) is 4.30. The monoisotopic (exact) mass is 317 g/mol. The highest BCUT2D eigenvalue weighted by molar-refractivity contribution is 6.37. The summed E-state index contributed by atoms with van der Waals surface area (Å²) in [4.78, 5) is 11.9. The van der Waals surface area contributed by atoms with Crippen molar-refractivity contribution < 1.29 is 9.18 Å². The van der Waals surface area contributed by atoms with Gasteiger partial charge in [-0.25, -0.2) is 4.39 Å². The number of carbonyl (C=O) groups excluding carboxylic acids is 1. The summed E-state index contributed by atoms with van der Waals surface area (Å²) in [5, 5.41) is 3.27. The molecule has 1 amide bonds. The predicted octanol–water partition coefficient (Wildman–Crippen LogP) is 5.04. The Morgan fingerprint density at radius 2 is 1.63 bits per heavy atom. The van der Waals surface area contributed by atoms with E-state index < -0.39 is 11.7 Å². The number of hydrogen-bond acceptors (Lipinski definition) is 1. The van der Waals surface area contributed by atoms with E-state index in [1.54, 1.807) is 0 Å². The summed E-state index contributed by atoms with van der Waals surface area (Å²) in [7, 11) is 0. The molecule has 19 heavy (non-hydrogen) atoms. The third-order valence-corrected chi connectivity index (χ3v) is 3.14. The molecule has 0 aromatic heterocycles. The van der Waals surface area contributed by atoms with Crippen molar-refractivity contribution in [2.45, 2.75) is 0 Å². The van der Waals surface area contributed by atoms with Crippen LogP contribution in [0.3, 0.4) is 0 Å². The van der Waals surface area contributed by atoms with Crippen molar-refractivity contribution in [1.82, 2.24) is 0 Å². The molecular weight excluding hydrogens is 312 g/mol. The largest absolute Gasteiger partial charge is 0.319 e. The summed E-state index contributed by atoms with van der Waals surface area (Å²) >= 11 is 17.3. The van der Waals surface area contributed by atoms with Crippen LogP contribution in [-0.4, -0.2) is 5.91 Å². The van der Waals surface area contributed by atoms with Gasteiger partial charge in [0.15, 0.2) is 0 Å². The molecule has 0 heterocycles. The Morgan fingerprint density at radius 1 is 1.00 bits per heavy atom. The van der Waals surface area contributed by atoms with E-state index in [-0.39, 0.29) is 21.3 Å². The van der Waals surface area contributed by atoms with Crippen LogP contribution in [0.25, 0.3) is 0 Å². The first kappa shape index (κ1) is 14.1. The minimum atomic E-state index is -0.620. The molecule has 2 aromatic rings. The van der Waals surface area contributed by atoms with Gasteiger partial charge in [0, 0.05) is 10.0 Å². The third-order valence-electron chi connectivity index (χ3n) is 2.36. The Hall–Kier alpha value is -1.29. The van der Waals surface area contributed by atoms with E-state index in [9.17, 15) is 9.18 Å². The Balaban J connectivity index is 2.25. The summed E-state index contributed by atoms with van der Waals surface area (Å²) in [6.07, 6.45) is 0. The van der Waals surface area contributed by atoms with Gasteiger partial charge in [-0.1, -0.05) is 34.8 Å². The molecule has 2 rings (SSSR count). The maximum Gasteiger partial charge on any atom is 0.257 e. The van der Waals surface area contributed by atoms with Gasteiger partial charge in [0.2, 0.25) is 0 Å². The van der Waals surface area contributed by atoms with Gasteiger partial charge in [-0.2, -0.15) is 0 Å². The molecular formula is C13H7Cl3FNO. The van der Waals surface area contributed by atoms with Gasteiger partial charge in [-0.15, -0.1) is 0 Å². The number of halogens is 4. The lowest BCUT2D eigenvalue weighted by molar-refractivity contribution is 0.102. The molecule has 2 nitrogen and oxygen atoms in total. The zero-order valence-corrected chi connectivity index (χ0v) is 11.7. The van der Waals surface area contributed by atoms with Crippen molar-refractivity contribution in [3.05, 3.63) is 62.8 Å². The second-order valence-electron chi connectivity index (χ2n) is 3.70. The van der Waals surface area contributed by atoms with Crippen LogP contribution in [0.1, 0.15) is 10.4 Å². The highest BCUT2D eigenvalue weighted by atomic mass is 35.5. The van der Waals surface area contributed by atoms with Crippen molar-refractivity contribution in [2.75, 3.05) is 5.32 Å². The van der Waals surface area contributed by atoms with Crippen molar-refractivity contribution in [3.8, 4) is 0 Å². The molecule has 0 unspecified atom stereocenters. The van der Waals surface area contributed by atoms with E-state index >= 15 is 0 Å². The van der Waals surface area contributed by atoms with Crippen molar-refractivity contribution in [2.24, 2.45) is 0 Å². The standard InChI is InChI=1S/C13H7Cl3FNO/c14-7-1-3-9(10(16)5-7)13(19)18-12-4-2-8(15)6-11(12)17/h1-6H,(H,18,19). The second kappa shape index (κ2) is 5.78. The lowest BCUT2D eigenvalue weighted by Crippen LogP contribution is -2.13. The van der Waals surface area contributed by atoms with E-state index in [0.29, 0.717) is 5.02 Å². The molecule has 0 atom stereocenters. The molecule has 0 aliphatic carbocycles. The topological polar surface area (TPSA) is 29.1 Å². The molecule has 6 heteroatoms. The molecule has 0 bridgehead atoms. The van der Waals surface area contributed by atoms with Crippen LogP contribution < -0.4 is 5.32 Å². The number of nitrogens with one attached hydrogen (secondary N) is 1. The van der Waals surface area contributed by atoms with E-state index in [1.807, 2.05) is 0 Å². The minimum absolute atomic E-state index is 0.0282. The minimum Gasteiger partial charge on any atom is -0.319 e. The SMILES string of the molecule is O=C(Nc1ccc(Cl)cc1F)c1ccc(Cl)cc1Cl. The van der Waals surface area contributed by atoms with Gasteiger partial charge in [0.05, 0.1) is 16.3 Å². The highest BCUT2D eigenvalue weighted by Gasteiger charge is 2.13. The lowest BCUT2D eigenvalue weighted by atomic mass is 10.2. The second-order valence-corrected chi connectivity index (χ2v) is 4.98. The fourth-order valence-electron chi connectivity index (χ4n) is 1.45. The molecule has 98 valence electrons. The van der Waals surface area contributed by atoms with E-state index in [4.69, 9.17) is 34.8 Å². The Bertz CT molecular complexity index is 646. The molecule has 1 N–H and O–H groups in total. The molecule has 0 fully saturated rings. The Labute approximate surface area is 124 Å². The molecule has 0 saturated heterocycles. The van der Waals surface area contributed by atoms with Crippen LogP contribution in [0.15, 0.2) is 36.4 Å². The zero-order chi connectivity index (χ0) is 14.0. The Morgan fingerprint density at radius 3 is 2.26 bits per heavy atom. The van der Waals surface area contributed by atoms with E-state index in [1.165, 1.54) is 30.3 Å².